The second kappa shape index (κ2) is 5.05. The zero-order chi connectivity index (χ0) is 15.1. The fourth-order valence-corrected chi connectivity index (χ4v) is 2.90. The summed E-state index contributed by atoms with van der Waals surface area (Å²) in [5, 5.41) is 5.20. The van der Waals surface area contributed by atoms with E-state index in [1.54, 1.807) is 6.20 Å². The molecule has 1 fully saturated rings. The average molecular weight is 291 g/mol. The number of nitrogens with zero attached hydrogens (tertiary/aromatic N) is 2. The van der Waals surface area contributed by atoms with Gasteiger partial charge in [-0.15, -0.1) is 0 Å². The lowest BCUT2D eigenvalue weighted by molar-refractivity contribution is 0.0930. The highest BCUT2D eigenvalue weighted by atomic mass is 16.1. The summed E-state index contributed by atoms with van der Waals surface area (Å²) in [4.78, 5) is 21.3. The van der Waals surface area contributed by atoms with Crippen molar-refractivity contribution in [1.82, 2.24) is 10.3 Å². The number of aromatic nitrogens is 1. The lowest BCUT2D eigenvalue weighted by Gasteiger charge is -2.18. The summed E-state index contributed by atoms with van der Waals surface area (Å²) < 4.78 is 0. The second-order valence-corrected chi connectivity index (χ2v) is 5.97. The Morgan fingerprint density at radius 2 is 2.14 bits per heavy atom. The summed E-state index contributed by atoms with van der Waals surface area (Å²) in [6.45, 7) is 1.96. The van der Waals surface area contributed by atoms with Crippen molar-refractivity contribution in [1.29, 1.82) is 0 Å². The van der Waals surface area contributed by atoms with Crippen molar-refractivity contribution in [2.75, 3.05) is 0 Å². The summed E-state index contributed by atoms with van der Waals surface area (Å²) in [6, 6.07) is 11.5. The number of nitrogens with one attached hydrogen (secondary N) is 1. The van der Waals surface area contributed by atoms with Crippen molar-refractivity contribution in [2.45, 2.75) is 25.8 Å². The first kappa shape index (κ1) is 13.2. The van der Waals surface area contributed by atoms with Gasteiger partial charge in [-0.2, -0.15) is 0 Å². The van der Waals surface area contributed by atoms with Crippen molar-refractivity contribution in [2.24, 2.45) is 10.9 Å². The topological polar surface area (TPSA) is 54.4 Å². The minimum atomic E-state index is -0.0370. The molecule has 0 bridgehead atoms. The molecule has 1 aromatic heterocycles. The maximum atomic E-state index is 12.6. The molecule has 22 heavy (non-hydrogen) atoms. The molecule has 0 saturated heterocycles. The van der Waals surface area contributed by atoms with Crippen LogP contribution in [0, 0.1) is 5.92 Å². The maximum Gasteiger partial charge on any atom is 0.251 e. The van der Waals surface area contributed by atoms with Gasteiger partial charge in [0.2, 0.25) is 0 Å². The molecule has 1 aliphatic heterocycles. The van der Waals surface area contributed by atoms with Crippen LogP contribution in [0.4, 0.5) is 0 Å². The van der Waals surface area contributed by atoms with E-state index in [0.717, 1.165) is 34.8 Å². The molecule has 2 aromatic rings. The van der Waals surface area contributed by atoms with E-state index in [9.17, 15) is 4.79 Å². The number of rotatable bonds is 4. The molecule has 4 nitrogen and oxygen atoms in total. The van der Waals surface area contributed by atoms with Crippen LogP contribution in [0.5, 0.6) is 0 Å². The van der Waals surface area contributed by atoms with Crippen LogP contribution in [0.1, 0.15) is 41.9 Å². The monoisotopic (exact) mass is 291 g/mol. The van der Waals surface area contributed by atoms with Crippen LogP contribution in [-0.2, 0) is 0 Å². The number of hydrogen-bond donors (Lipinski definition) is 1. The lowest BCUT2D eigenvalue weighted by Crippen LogP contribution is -2.37. The lowest BCUT2D eigenvalue weighted by atomic mass is 10.1. The first-order chi connectivity index (χ1) is 10.7. The molecule has 2 aliphatic rings. The molecule has 1 aliphatic carbocycles. The van der Waals surface area contributed by atoms with E-state index in [2.05, 4.69) is 15.3 Å². The number of hydrogen-bond acceptors (Lipinski definition) is 3. The summed E-state index contributed by atoms with van der Waals surface area (Å²) in [7, 11) is 0. The van der Waals surface area contributed by atoms with Crippen molar-refractivity contribution in [3.63, 3.8) is 0 Å². The minimum absolute atomic E-state index is 0.00883. The number of carbonyl (C=O) groups is 1. The van der Waals surface area contributed by atoms with Crippen LogP contribution < -0.4 is 15.9 Å². The second-order valence-electron chi connectivity index (χ2n) is 5.97. The smallest absolute Gasteiger partial charge is 0.251 e. The Balaban J connectivity index is 1.59. The van der Waals surface area contributed by atoms with Gasteiger partial charge in [-0.3, -0.25) is 14.8 Å². The number of amides is 1. The molecule has 4 heteroatoms. The first-order valence-corrected chi connectivity index (χ1v) is 7.64. The van der Waals surface area contributed by atoms with Gasteiger partial charge >= 0.3 is 0 Å². The standard InChI is InChI=1S/C18H17N3O/c1-11-14-10-13(7-8-15(14)20-11)18(22)21-17(12-5-6-12)16-4-2-3-9-19-16/h2-4,7-10,12,17H,5-6H2,1H3,(H,21,22). The van der Waals surface area contributed by atoms with E-state index in [0.29, 0.717) is 11.5 Å². The highest BCUT2D eigenvalue weighted by molar-refractivity contribution is 5.94. The van der Waals surface area contributed by atoms with Crippen LogP contribution in [0.15, 0.2) is 47.6 Å². The Hall–Kier alpha value is -2.49. The van der Waals surface area contributed by atoms with Gasteiger partial charge in [-0.05, 0) is 56.0 Å². The van der Waals surface area contributed by atoms with Crippen LogP contribution in [0.25, 0.3) is 5.70 Å². The number of fused-ring (bicyclic) bond motifs is 1. The molecule has 4 rings (SSSR count). The average Bonchev–Trinajstić information content (AvgIpc) is 3.37. The summed E-state index contributed by atoms with van der Waals surface area (Å²) in [5.74, 6) is 0.471. The number of benzene rings is 1. The van der Waals surface area contributed by atoms with Crippen molar-refractivity contribution in [3.05, 3.63) is 64.4 Å². The Kier molecular flexibility index (Phi) is 3.03. The largest absolute Gasteiger partial charge is 0.343 e. The van der Waals surface area contributed by atoms with Gasteiger partial charge in [0.25, 0.3) is 5.91 Å². The number of pyridine rings is 1. The SMILES string of the molecule is CC1=c2cc(C(=O)NC(c3ccccn3)C3CC3)ccc2=N1. The normalized spacial score (nSPS) is 17.0. The van der Waals surface area contributed by atoms with Gasteiger partial charge in [-0.1, -0.05) is 6.07 Å². The minimum Gasteiger partial charge on any atom is -0.343 e. The maximum absolute atomic E-state index is 12.6. The molecule has 1 unspecified atom stereocenters. The van der Waals surface area contributed by atoms with E-state index >= 15 is 0 Å². The molecule has 1 aromatic carbocycles. The Morgan fingerprint density at radius 3 is 2.82 bits per heavy atom. The van der Waals surface area contributed by atoms with Gasteiger partial charge < -0.3 is 5.32 Å². The molecule has 0 spiro atoms. The summed E-state index contributed by atoms with van der Waals surface area (Å²) in [6.07, 6.45) is 4.08. The molecular formula is C18H17N3O. The van der Waals surface area contributed by atoms with Gasteiger partial charge in [-0.25, -0.2) is 0 Å². The van der Waals surface area contributed by atoms with E-state index in [1.165, 1.54) is 0 Å². The molecule has 1 saturated carbocycles. The van der Waals surface area contributed by atoms with Crippen LogP contribution in [-0.4, -0.2) is 10.9 Å². The fraction of sp³-hybridized carbons (Fsp3) is 0.278. The predicted octanol–water partition coefficient (Wildman–Crippen LogP) is 1.72. The van der Waals surface area contributed by atoms with Crippen molar-refractivity contribution < 1.29 is 4.79 Å². The molecule has 1 atom stereocenters. The molecule has 1 N–H and O–H groups in total. The van der Waals surface area contributed by atoms with Gasteiger partial charge in [0.05, 0.1) is 17.1 Å². The van der Waals surface area contributed by atoms with Crippen LogP contribution in [0.2, 0.25) is 0 Å². The highest BCUT2D eigenvalue weighted by Crippen LogP contribution is 2.40. The summed E-state index contributed by atoms with van der Waals surface area (Å²) >= 11 is 0. The predicted molar refractivity (Wildman–Crippen MR) is 83.5 cm³/mol. The molecule has 0 radical (unpaired) electrons. The third-order valence-electron chi connectivity index (χ3n) is 4.32. The Labute approximate surface area is 128 Å². The fourth-order valence-electron chi connectivity index (χ4n) is 2.90. The zero-order valence-corrected chi connectivity index (χ0v) is 12.4. The third-order valence-corrected chi connectivity index (χ3v) is 4.32. The molecule has 110 valence electrons. The third kappa shape index (κ3) is 2.30. The van der Waals surface area contributed by atoms with Gasteiger partial charge in [0.1, 0.15) is 0 Å². The van der Waals surface area contributed by atoms with Crippen molar-refractivity contribution >= 4 is 11.6 Å². The molecule has 2 heterocycles. The Morgan fingerprint density at radius 1 is 1.27 bits per heavy atom. The van der Waals surface area contributed by atoms with E-state index in [-0.39, 0.29) is 11.9 Å². The molecular weight excluding hydrogens is 274 g/mol. The summed E-state index contributed by atoms with van der Waals surface area (Å²) in [5.41, 5.74) is 2.63. The highest BCUT2D eigenvalue weighted by Gasteiger charge is 2.34. The van der Waals surface area contributed by atoms with Gasteiger partial charge in [0.15, 0.2) is 0 Å². The number of carbonyl (C=O) groups excluding carboxylic acids is 1. The van der Waals surface area contributed by atoms with Crippen molar-refractivity contribution in [3.8, 4) is 0 Å². The van der Waals surface area contributed by atoms with Gasteiger partial charge in [0, 0.05) is 22.7 Å². The van der Waals surface area contributed by atoms with E-state index in [1.807, 2.05) is 43.3 Å². The Bertz CT molecular complexity index is 854. The first-order valence-electron chi connectivity index (χ1n) is 7.64. The van der Waals surface area contributed by atoms with E-state index < -0.39 is 0 Å². The van der Waals surface area contributed by atoms with Crippen LogP contribution in [0.3, 0.4) is 0 Å². The van der Waals surface area contributed by atoms with E-state index in [4.69, 9.17) is 0 Å². The van der Waals surface area contributed by atoms with Crippen LogP contribution >= 0.6 is 0 Å². The zero-order valence-electron chi connectivity index (χ0n) is 12.4. The molecule has 1 amide bonds. The quantitative estimate of drug-likeness (QED) is 0.932.